The Hall–Kier alpha value is -1.38. The molecular formula is C8H12N2O. The summed E-state index contributed by atoms with van der Waals surface area (Å²) < 4.78 is 0. The Labute approximate surface area is 66.4 Å². The molecule has 0 aromatic carbocycles. The fourth-order valence-corrected chi connectivity index (χ4v) is 0.489. The monoisotopic (exact) mass is 152 g/mol. The average Bonchev–Trinajstić information content (AvgIpc) is 2.09. The summed E-state index contributed by atoms with van der Waals surface area (Å²) in [5.41, 5.74) is 0.463. The van der Waals surface area contributed by atoms with Crippen molar-refractivity contribution in [2.24, 2.45) is 0 Å². The SMILES string of the molecule is C=Cc1ncncc1O.CC. The maximum atomic E-state index is 8.91. The molecule has 3 nitrogen and oxygen atoms in total. The minimum Gasteiger partial charge on any atom is -0.504 e. The summed E-state index contributed by atoms with van der Waals surface area (Å²) >= 11 is 0. The predicted molar refractivity (Wildman–Crippen MR) is 45.1 cm³/mol. The summed E-state index contributed by atoms with van der Waals surface area (Å²) in [5, 5.41) is 8.91. The summed E-state index contributed by atoms with van der Waals surface area (Å²) in [6.07, 6.45) is 4.15. The number of hydrogen-bond acceptors (Lipinski definition) is 3. The van der Waals surface area contributed by atoms with E-state index in [2.05, 4.69) is 16.5 Å². The van der Waals surface area contributed by atoms with Crippen molar-refractivity contribution >= 4 is 6.08 Å². The molecule has 0 radical (unpaired) electrons. The second-order valence-corrected chi connectivity index (χ2v) is 1.50. The van der Waals surface area contributed by atoms with Gasteiger partial charge >= 0.3 is 0 Å². The summed E-state index contributed by atoms with van der Waals surface area (Å²) in [5.74, 6) is 0.0625. The minimum atomic E-state index is 0.0625. The fraction of sp³-hybridized carbons (Fsp3) is 0.250. The van der Waals surface area contributed by atoms with Gasteiger partial charge in [-0.05, 0) is 6.08 Å². The lowest BCUT2D eigenvalue weighted by Crippen LogP contribution is -1.81. The normalized spacial score (nSPS) is 7.82. The van der Waals surface area contributed by atoms with E-state index in [9.17, 15) is 0 Å². The van der Waals surface area contributed by atoms with E-state index in [1.54, 1.807) is 0 Å². The molecule has 0 amide bonds. The molecule has 0 fully saturated rings. The van der Waals surface area contributed by atoms with Crippen LogP contribution in [0.3, 0.4) is 0 Å². The molecule has 0 unspecified atom stereocenters. The molecule has 1 N–H and O–H groups in total. The van der Waals surface area contributed by atoms with Crippen LogP contribution >= 0.6 is 0 Å². The zero-order valence-electron chi connectivity index (χ0n) is 6.78. The second-order valence-electron chi connectivity index (χ2n) is 1.50. The highest BCUT2D eigenvalue weighted by Crippen LogP contribution is 2.10. The number of rotatable bonds is 1. The van der Waals surface area contributed by atoms with Crippen molar-refractivity contribution in [1.29, 1.82) is 0 Å². The topological polar surface area (TPSA) is 46.0 Å². The summed E-state index contributed by atoms with van der Waals surface area (Å²) in [6, 6.07) is 0. The molecule has 0 saturated heterocycles. The third-order valence-corrected chi connectivity index (χ3v) is 0.916. The van der Waals surface area contributed by atoms with Crippen molar-refractivity contribution in [3.8, 4) is 5.75 Å². The van der Waals surface area contributed by atoms with Gasteiger partial charge in [0, 0.05) is 0 Å². The molecule has 0 spiro atoms. The van der Waals surface area contributed by atoms with Crippen LogP contribution in [0.15, 0.2) is 19.1 Å². The number of aromatic hydroxyl groups is 1. The van der Waals surface area contributed by atoms with Gasteiger partial charge in [-0.3, -0.25) is 0 Å². The Morgan fingerprint density at radius 3 is 2.55 bits per heavy atom. The lowest BCUT2D eigenvalue weighted by molar-refractivity contribution is 0.468. The Bertz CT molecular complexity index is 223. The van der Waals surface area contributed by atoms with Crippen molar-refractivity contribution < 1.29 is 5.11 Å². The Morgan fingerprint density at radius 2 is 2.18 bits per heavy atom. The van der Waals surface area contributed by atoms with Gasteiger partial charge in [-0.2, -0.15) is 0 Å². The van der Waals surface area contributed by atoms with Crippen LogP contribution < -0.4 is 0 Å². The van der Waals surface area contributed by atoms with Crippen LogP contribution in [-0.2, 0) is 0 Å². The van der Waals surface area contributed by atoms with Crippen LogP contribution in [0.1, 0.15) is 19.5 Å². The first-order valence-corrected chi connectivity index (χ1v) is 3.46. The largest absolute Gasteiger partial charge is 0.504 e. The Morgan fingerprint density at radius 1 is 1.55 bits per heavy atom. The van der Waals surface area contributed by atoms with Crippen molar-refractivity contribution in [1.82, 2.24) is 9.97 Å². The van der Waals surface area contributed by atoms with E-state index in [0.717, 1.165) is 0 Å². The molecule has 1 heterocycles. The number of hydrogen-bond donors (Lipinski definition) is 1. The van der Waals surface area contributed by atoms with E-state index in [-0.39, 0.29) is 5.75 Å². The van der Waals surface area contributed by atoms with Crippen LogP contribution in [0.25, 0.3) is 6.08 Å². The van der Waals surface area contributed by atoms with E-state index in [1.807, 2.05) is 13.8 Å². The Kier molecular flexibility index (Phi) is 4.73. The van der Waals surface area contributed by atoms with Gasteiger partial charge in [0.15, 0.2) is 5.75 Å². The molecule has 3 heteroatoms. The van der Waals surface area contributed by atoms with Gasteiger partial charge in [-0.15, -0.1) is 0 Å². The van der Waals surface area contributed by atoms with E-state index < -0.39 is 0 Å². The third kappa shape index (κ3) is 2.80. The molecular weight excluding hydrogens is 140 g/mol. The van der Waals surface area contributed by atoms with Gasteiger partial charge in [-0.25, -0.2) is 9.97 Å². The molecule has 11 heavy (non-hydrogen) atoms. The van der Waals surface area contributed by atoms with E-state index >= 15 is 0 Å². The van der Waals surface area contributed by atoms with E-state index in [1.165, 1.54) is 18.6 Å². The smallest absolute Gasteiger partial charge is 0.159 e. The first kappa shape index (κ1) is 9.62. The maximum absolute atomic E-state index is 8.91. The van der Waals surface area contributed by atoms with Gasteiger partial charge in [0.1, 0.15) is 12.0 Å². The number of aromatic nitrogens is 2. The molecule has 0 atom stereocenters. The molecule has 0 aliphatic rings. The third-order valence-electron chi connectivity index (χ3n) is 0.916. The van der Waals surface area contributed by atoms with Gasteiger partial charge in [0.25, 0.3) is 0 Å². The highest BCUT2D eigenvalue weighted by molar-refractivity contribution is 5.48. The fourth-order valence-electron chi connectivity index (χ4n) is 0.489. The lowest BCUT2D eigenvalue weighted by Gasteiger charge is -1.91. The van der Waals surface area contributed by atoms with Crippen LogP contribution in [0, 0.1) is 0 Å². The summed E-state index contributed by atoms with van der Waals surface area (Å²) in [6.45, 7) is 7.44. The van der Waals surface area contributed by atoms with Crippen LogP contribution in [0.2, 0.25) is 0 Å². The zero-order valence-corrected chi connectivity index (χ0v) is 6.78. The van der Waals surface area contributed by atoms with Crippen LogP contribution in [0.4, 0.5) is 0 Å². The molecule has 1 aromatic rings. The van der Waals surface area contributed by atoms with Crippen molar-refractivity contribution in [2.45, 2.75) is 13.8 Å². The van der Waals surface area contributed by atoms with E-state index in [0.29, 0.717) is 5.69 Å². The predicted octanol–water partition coefficient (Wildman–Crippen LogP) is 1.85. The van der Waals surface area contributed by atoms with Crippen LogP contribution in [0.5, 0.6) is 5.75 Å². The van der Waals surface area contributed by atoms with E-state index in [4.69, 9.17) is 5.11 Å². The minimum absolute atomic E-state index is 0.0625. The molecule has 60 valence electrons. The van der Waals surface area contributed by atoms with Crippen molar-refractivity contribution in [3.63, 3.8) is 0 Å². The molecule has 0 aliphatic carbocycles. The molecule has 1 aromatic heterocycles. The van der Waals surface area contributed by atoms with Gasteiger partial charge in [0.05, 0.1) is 6.20 Å². The Balaban J connectivity index is 0.000000461. The lowest BCUT2D eigenvalue weighted by atomic mass is 10.4. The maximum Gasteiger partial charge on any atom is 0.159 e. The van der Waals surface area contributed by atoms with Gasteiger partial charge in [-0.1, -0.05) is 20.4 Å². The summed E-state index contributed by atoms with van der Waals surface area (Å²) in [4.78, 5) is 7.30. The highest BCUT2D eigenvalue weighted by Gasteiger charge is 1.92. The first-order valence-electron chi connectivity index (χ1n) is 3.46. The summed E-state index contributed by atoms with van der Waals surface area (Å²) in [7, 11) is 0. The quantitative estimate of drug-likeness (QED) is 0.668. The zero-order chi connectivity index (χ0) is 8.69. The average molecular weight is 152 g/mol. The van der Waals surface area contributed by atoms with Crippen LogP contribution in [-0.4, -0.2) is 15.1 Å². The molecule has 0 bridgehead atoms. The van der Waals surface area contributed by atoms with Crippen molar-refractivity contribution in [3.05, 3.63) is 24.8 Å². The molecule has 0 saturated carbocycles. The van der Waals surface area contributed by atoms with Crippen molar-refractivity contribution in [2.75, 3.05) is 0 Å². The second kappa shape index (κ2) is 5.41. The van der Waals surface area contributed by atoms with Gasteiger partial charge < -0.3 is 5.11 Å². The molecule has 1 rings (SSSR count). The molecule has 0 aliphatic heterocycles. The number of nitrogens with zero attached hydrogens (tertiary/aromatic N) is 2. The van der Waals surface area contributed by atoms with Gasteiger partial charge in [0.2, 0.25) is 0 Å². The standard InChI is InChI=1S/C6H6N2O.C2H6/c1-2-5-6(9)3-7-4-8-5;1-2/h2-4,9H,1H2;1-2H3. The first-order chi connectivity index (χ1) is 5.34. The highest BCUT2D eigenvalue weighted by atomic mass is 16.3.